The van der Waals surface area contributed by atoms with Crippen LogP contribution in [-0.2, 0) is 6.61 Å². The van der Waals surface area contributed by atoms with E-state index in [9.17, 15) is 18.0 Å². The molecule has 0 heterocycles. The first-order valence-corrected chi connectivity index (χ1v) is 7.09. The van der Waals surface area contributed by atoms with E-state index in [1.807, 2.05) is 30.3 Å². The molecule has 0 atom stereocenters. The fraction of sp³-hybridized carbons (Fsp3) is 0.235. The molecule has 0 spiro atoms. The summed E-state index contributed by atoms with van der Waals surface area (Å²) in [4.78, 5) is 11.0. The Morgan fingerprint density at radius 2 is 1.71 bits per heavy atom. The Hall–Kier alpha value is -2.70. The summed E-state index contributed by atoms with van der Waals surface area (Å²) in [6.07, 6.45) is -5.49. The van der Waals surface area contributed by atoms with E-state index >= 15 is 0 Å². The molecular formula is C17H15F3O4. The van der Waals surface area contributed by atoms with Gasteiger partial charge in [0, 0.05) is 0 Å². The van der Waals surface area contributed by atoms with Crippen LogP contribution in [0.2, 0.25) is 0 Å². The Labute approximate surface area is 136 Å². The third-order valence-corrected chi connectivity index (χ3v) is 3.07. The summed E-state index contributed by atoms with van der Waals surface area (Å²) in [6, 6.07) is 13.0. The maximum atomic E-state index is 12.2. The Morgan fingerprint density at radius 1 is 1.00 bits per heavy atom. The van der Waals surface area contributed by atoms with Gasteiger partial charge in [0.05, 0.1) is 18.6 Å². The number of aromatic carboxylic acids is 1. The van der Waals surface area contributed by atoms with Gasteiger partial charge in [-0.1, -0.05) is 30.3 Å². The summed E-state index contributed by atoms with van der Waals surface area (Å²) in [6.45, 7) is -0.433. The number of carboxylic acids is 1. The van der Waals surface area contributed by atoms with Crippen LogP contribution in [0.4, 0.5) is 13.2 Å². The number of benzene rings is 2. The largest absolute Gasteiger partial charge is 0.489 e. The number of alkyl halides is 3. The summed E-state index contributed by atoms with van der Waals surface area (Å²) in [5.74, 6) is -1.05. The van der Waals surface area contributed by atoms with Crippen LogP contribution in [0.5, 0.6) is 11.5 Å². The average Bonchev–Trinajstić information content (AvgIpc) is 2.53. The molecule has 0 saturated carbocycles. The zero-order valence-electron chi connectivity index (χ0n) is 12.5. The number of hydrogen-bond donors (Lipinski definition) is 1. The summed E-state index contributed by atoms with van der Waals surface area (Å²) in [5, 5.41) is 8.99. The number of carboxylic acid groups (broad SMARTS) is 1. The van der Waals surface area contributed by atoms with E-state index in [1.165, 1.54) is 12.1 Å². The Balaban J connectivity index is 2.11. The van der Waals surface area contributed by atoms with Crippen molar-refractivity contribution in [2.75, 3.05) is 6.61 Å². The number of rotatable bonds is 7. The molecule has 0 bridgehead atoms. The van der Waals surface area contributed by atoms with Crippen LogP contribution < -0.4 is 9.47 Å². The molecular weight excluding hydrogens is 325 g/mol. The molecule has 1 N–H and O–H groups in total. The fourth-order valence-corrected chi connectivity index (χ4v) is 1.89. The zero-order chi connectivity index (χ0) is 17.6. The molecule has 128 valence electrons. The molecule has 0 aliphatic carbocycles. The number of halogens is 3. The molecule has 0 aliphatic rings. The van der Waals surface area contributed by atoms with Gasteiger partial charge >= 0.3 is 12.1 Å². The SMILES string of the molecule is O=C(O)c1ccc(OCc2ccccc2)c(OCCC(F)(F)F)c1. The predicted molar refractivity (Wildman–Crippen MR) is 80.3 cm³/mol. The molecule has 0 fully saturated rings. The molecule has 0 radical (unpaired) electrons. The van der Waals surface area contributed by atoms with Crippen molar-refractivity contribution in [2.24, 2.45) is 0 Å². The van der Waals surface area contributed by atoms with Crippen molar-refractivity contribution in [3.8, 4) is 11.5 Å². The Morgan fingerprint density at radius 3 is 2.33 bits per heavy atom. The number of hydrogen-bond acceptors (Lipinski definition) is 3. The zero-order valence-corrected chi connectivity index (χ0v) is 12.5. The monoisotopic (exact) mass is 340 g/mol. The minimum absolute atomic E-state index is 0.0323. The highest BCUT2D eigenvalue weighted by Gasteiger charge is 2.27. The van der Waals surface area contributed by atoms with Gasteiger partial charge in [-0.2, -0.15) is 13.2 Å². The number of carbonyl (C=O) groups is 1. The van der Waals surface area contributed by atoms with Crippen LogP contribution in [0, 0.1) is 0 Å². The molecule has 4 nitrogen and oxygen atoms in total. The average molecular weight is 340 g/mol. The van der Waals surface area contributed by atoms with Crippen LogP contribution in [0.1, 0.15) is 22.3 Å². The molecule has 2 aromatic carbocycles. The van der Waals surface area contributed by atoms with Crippen molar-refractivity contribution in [2.45, 2.75) is 19.2 Å². The molecule has 0 aliphatic heterocycles. The Kier molecular flexibility index (Phi) is 5.68. The summed E-state index contributed by atoms with van der Waals surface area (Å²) in [5.41, 5.74) is 0.769. The van der Waals surface area contributed by atoms with Gasteiger partial charge in [0.2, 0.25) is 0 Å². The van der Waals surface area contributed by atoms with Crippen LogP contribution >= 0.6 is 0 Å². The normalized spacial score (nSPS) is 11.1. The van der Waals surface area contributed by atoms with Crippen LogP contribution in [0.3, 0.4) is 0 Å². The van der Waals surface area contributed by atoms with E-state index in [-0.39, 0.29) is 23.7 Å². The fourth-order valence-electron chi connectivity index (χ4n) is 1.89. The van der Waals surface area contributed by atoms with Gasteiger partial charge in [0.15, 0.2) is 11.5 Å². The second-order valence-electron chi connectivity index (χ2n) is 4.95. The van der Waals surface area contributed by atoms with Gasteiger partial charge in [-0.25, -0.2) is 4.79 Å². The van der Waals surface area contributed by atoms with Crippen LogP contribution in [0.15, 0.2) is 48.5 Å². The van der Waals surface area contributed by atoms with E-state index in [2.05, 4.69) is 0 Å². The topological polar surface area (TPSA) is 55.8 Å². The first-order valence-electron chi connectivity index (χ1n) is 7.09. The van der Waals surface area contributed by atoms with Crippen molar-refractivity contribution >= 4 is 5.97 Å². The van der Waals surface area contributed by atoms with Crippen LogP contribution in [0.25, 0.3) is 0 Å². The standard InChI is InChI=1S/C17H15F3O4/c18-17(19,20)8-9-23-15-10-13(16(21)22)6-7-14(15)24-11-12-4-2-1-3-5-12/h1-7,10H,8-9,11H2,(H,21,22). The van der Waals surface area contributed by atoms with Gasteiger partial charge < -0.3 is 14.6 Å². The predicted octanol–water partition coefficient (Wildman–Crippen LogP) is 4.30. The molecule has 2 aromatic rings. The smallest absolute Gasteiger partial charge is 0.392 e. The van der Waals surface area contributed by atoms with E-state index in [1.54, 1.807) is 0 Å². The summed E-state index contributed by atoms with van der Waals surface area (Å²) in [7, 11) is 0. The van der Waals surface area contributed by atoms with Gasteiger partial charge in [-0.3, -0.25) is 0 Å². The quantitative estimate of drug-likeness (QED) is 0.817. The van der Waals surface area contributed by atoms with E-state index in [4.69, 9.17) is 14.6 Å². The maximum Gasteiger partial charge on any atom is 0.392 e. The lowest BCUT2D eigenvalue weighted by atomic mass is 10.2. The maximum absolute atomic E-state index is 12.2. The van der Waals surface area contributed by atoms with E-state index in [0.717, 1.165) is 11.6 Å². The minimum Gasteiger partial charge on any atom is -0.489 e. The van der Waals surface area contributed by atoms with Crippen molar-refractivity contribution in [1.82, 2.24) is 0 Å². The minimum atomic E-state index is -4.35. The lowest BCUT2D eigenvalue weighted by Gasteiger charge is -2.14. The van der Waals surface area contributed by atoms with Gasteiger partial charge in [0.25, 0.3) is 0 Å². The van der Waals surface area contributed by atoms with Crippen molar-refractivity contribution in [1.29, 1.82) is 0 Å². The summed E-state index contributed by atoms with van der Waals surface area (Å²) >= 11 is 0. The summed E-state index contributed by atoms with van der Waals surface area (Å²) < 4.78 is 47.3. The van der Waals surface area contributed by atoms with Gasteiger partial charge in [-0.05, 0) is 23.8 Å². The Bertz CT molecular complexity index is 684. The second kappa shape index (κ2) is 7.72. The highest BCUT2D eigenvalue weighted by atomic mass is 19.4. The van der Waals surface area contributed by atoms with Crippen LogP contribution in [-0.4, -0.2) is 23.9 Å². The van der Waals surface area contributed by atoms with Gasteiger partial charge in [0.1, 0.15) is 6.61 Å². The molecule has 0 aromatic heterocycles. The van der Waals surface area contributed by atoms with Gasteiger partial charge in [-0.15, -0.1) is 0 Å². The van der Waals surface area contributed by atoms with Crippen molar-refractivity contribution in [3.05, 3.63) is 59.7 Å². The molecule has 2 rings (SSSR count). The molecule has 7 heteroatoms. The third-order valence-electron chi connectivity index (χ3n) is 3.07. The highest BCUT2D eigenvalue weighted by molar-refractivity contribution is 5.88. The lowest BCUT2D eigenvalue weighted by Crippen LogP contribution is -2.13. The van der Waals surface area contributed by atoms with Crippen molar-refractivity contribution in [3.63, 3.8) is 0 Å². The second-order valence-corrected chi connectivity index (χ2v) is 4.95. The number of ether oxygens (including phenoxy) is 2. The van der Waals surface area contributed by atoms with E-state index < -0.39 is 25.2 Å². The molecule has 0 amide bonds. The molecule has 0 unspecified atom stereocenters. The molecule has 0 saturated heterocycles. The first-order chi connectivity index (χ1) is 11.3. The van der Waals surface area contributed by atoms with Crippen molar-refractivity contribution < 1.29 is 32.5 Å². The molecule has 24 heavy (non-hydrogen) atoms. The lowest BCUT2D eigenvalue weighted by molar-refractivity contribution is -0.139. The third kappa shape index (κ3) is 5.49. The first kappa shape index (κ1) is 17.7. The highest BCUT2D eigenvalue weighted by Crippen LogP contribution is 2.30. The van der Waals surface area contributed by atoms with E-state index in [0.29, 0.717) is 0 Å².